The molecule has 4 aromatic rings. The lowest BCUT2D eigenvalue weighted by Gasteiger charge is -2.01. The van der Waals surface area contributed by atoms with Gasteiger partial charge in [0, 0.05) is 45.0 Å². The van der Waals surface area contributed by atoms with Gasteiger partial charge in [-0.1, -0.05) is 0 Å². The molecule has 0 saturated heterocycles. The third-order valence-corrected chi connectivity index (χ3v) is 7.05. The molecule has 1 N–H and O–H groups in total. The quantitative estimate of drug-likeness (QED) is 0.358. The Balaban J connectivity index is 0.000000166. The standard InChI is InChI=1S/C12H14N2S.C11H10FNS/c1-8-6-11(15-9(8)2)10-4-5-14-12(7-10)13-3;1-7-5-10(14-8(7)2)9-3-4-13-11(12)6-9/h4-7H,1-3H3,(H,13,14);3-6H,1-2H3. The third-order valence-electron chi connectivity index (χ3n) is 4.64. The molecular formula is C23H24FN3S2. The molecule has 3 nitrogen and oxygen atoms in total. The Labute approximate surface area is 179 Å². The van der Waals surface area contributed by atoms with Crippen LogP contribution in [0.1, 0.15) is 20.9 Å². The number of halogens is 1. The van der Waals surface area contributed by atoms with Crippen molar-refractivity contribution in [2.45, 2.75) is 27.7 Å². The predicted octanol–water partition coefficient (Wildman–Crippen LogP) is 7.03. The number of rotatable bonds is 3. The van der Waals surface area contributed by atoms with E-state index in [1.807, 2.05) is 36.7 Å². The average Bonchev–Trinajstić information content (AvgIpc) is 3.24. The van der Waals surface area contributed by atoms with Gasteiger partial charge in [-0.05, 0) is 80.3 Å². The molecule has 0 bridgehead atoms. The lowest BCUT2D eigenvalue weighted by atomic mass is 10.2. The lowest BCUT2D eigenvalue weighted by molar-refractivity contribution is 0.584. The molecule has 150 valence electrons. The van der Waals surface area contributed by atoms with Crippen molar-refractivity contribution in [3.05, 3.63) is 75.6 Å². The van der Waals surface area contributed by atoms with E-state index in [2.05, 4.69) is 61.2 Å². The first-order chi connectivity index (χ1) is 13.9. The first-order valence-electron chi connectivity index (χ1n) is 9.27. The number of aryl methyl sites for hydroxylation is 4. The number of pyridine rings is 2. The number of anilines is 1. The van der Waals surface area contributed by atoms with Gasteiger partial charge in [-0.3, -0.25) is 0 Å². The van der Waals surface area contributed by atoms with Gasteiger partial charge in [-0.25, -0.2) is 9.97 Å². The molecule has 6 heteroatoms. The molecule has 0 spiro atoms. The fourth-order valence-electron chi connectivity index (χ4n) is 2.71. The number of thiophene rings is 2. The summed E-state index contributed by atoms with van der Waals surface area (Å²) in [5, 5.41) is 3.05. The molecule has 0 amide bonds. The number of nitrogens with one attached hydrogen (secondary N) is 1. The fourth-order valence-corrected chi connectivity index (χ4v) is 4.77. The summed E-state index contributed by atoms with van der Waals surface area (Å²) in [6, 6.07) is 11.7. The highest BCUT2D eigenvalue weighted by molar-refractivity contribution is 7.15. The molecule has 4 rings (SSSR count). The summed E-state index contributed by atoms with van der Waals surface area (Å²) >= 11 is 3.51. The smallest absolute Gasteiger partial charge is 0.213 e. The number of aromatic nitrogens is 2. The van der Waals surface area contributed by atoms with Crippen LogP contribution in [-0.2, 0) is 0 Å². The maximum atomic E-state index is 12.9. The van der Waals surface area contributed by atoms with Gasteiger partial charge in [0.1, 0.15) is 5.82 Å². The molecule has 0 aromatic carbocycles. The van der Waals surface area contributed by atoms with E-state index in [0.717, 1.165) is 16.3 Å². The van der Waals surface area contributed by atoms with E-state index in [0.29, 0.717) is 0 Å². The molecular weight excluding hydrogens is 401 g/mol. The van der Waals surface area contributed by atoms with Gasteiger partial charge in [0.05, 0.1) is 0 Å². The summed E-state index contributed by atoms with van der Waals surface area (Å²) in [6.45, 7) is 8.44. The zero-order valence-corrected chi connectivity index (χ0v) is 18.8. The second-order valence-electron chi connectivity index (χ2n) is 6.75. The van der Waals surface area contributed by atoms with Crippen LogP contribution in [0.25, 0.3) is 20.9 Å². The van der Waals surface area contributed by atoms with Crippen molar-refractivity contribution in [3.8, 4) is 20.9 Å². The van der Waals surface area contributed by atoms with E-state index in [4.69, 9.17) is 0 Å². The van der Waals surface area contributed by atoms with Crippen molar-refractivity contribution in [2.75, 3.05) is 12.4 Å². The van der Waals surface area contributed by atoms with E-state index in [1.54, 1.807) is 11.3 Å². The fraction of sp³-hybridized carbons (Fsp3) is 0.217. The first-order valence-corrected chi connectivity index (χ1v) is 10.9. The van der Waals surface area contributed by atoms with Crippen LogP contribution in [0.3, 0.4) is 0 Å². The van der Waals surface area contributed by atoms with Gasteiger partial charge in [-0.15, -0.1) is 22.7 Å². The van der Waals surface area contributed by atoms with Crippen molar-refractivity contribution < 1.29 is 4.39 Å². The van der Waals surface area contributed by atoms with Crippen molar-refractivity contribution >= 4 is 28.5 Å². The van der Waals surface area contributed by atoms with Crippen molar-refractivity contribution in [1.82, 2.24) is 9.97 Å². The van der Waals surface area contributed by atoms with Crippen LogP contribution >= 0.6 is 22.7 Å². The van der Waals surface area contributed by atoms with E-state index >= 15 is 0 Å². The SMILES string of the molecule is CNc1cc(-c2cc(C)c(C)s2)ccn1.Cc1cc(-c2ccnc(F)c2)sc1C. The minimum atomic E-state index is -0.425. The van der Waals surface area contributed by atoms with E-state index in [9.17, 15) is 4.39 Å². The summed E-state index contributed by atoms with van der Waals surface area (Å²) in [4.78, 5) is 12.8. The van der Waals surface area contributed by atoms with Crippen molar-refractivity contribution in [3.63, 3.8) is 0 Å². The maximum absolute atomic E-state index is 12.9. The molecule has 0 saturated carbocycles. The highest BCUT2D eigenvalue weighted by atomic mass is 32.1. The van der Waals surface area contributed by atoms with Gasteiger partial charge in [0.25, 0.3) is 0 Å². The number of hydrogen-bond donors (Lipinski definition) is 1. The maximum Gasteiger partial charge on any atom is 0.213 e. The topological polar surface area (TPSA) is 37.8 Å². The Morgan fingerprint density at radius 2 is 1.28 bits per heavy atom. The lowest BCUT2D eigenvalue weighted by Crippen LogP contribution is -1.90. The Bertz CT molecular complexity index is 1080. The molecule has 0 atom stereocenters. The molecule has 0 aliphatic carbocycles. The van der Waals surface area contributed by atoms with Crippen LogP contribution in [0.2, 0.25) is 0 Å². The molecule has 4 aromatic heterocycles. The van der Waals surface area contributed by atoms with E-state index in [1.165, 1.54) is 43.6 Å². The molecule has 0 radical (unpaired) electrons. The number of nitrogens with zero attached hydrogens (tertiary/aromatic N) is 2. The van der Waals surface area contributed by atoms with E-state index in [-0.39, 0.29) is 0 Å². The average molecular weight is 426 g/mol. The minimum absolute atomic E-state index is 0.425. The Morgan fingerprint density at radius 3 is 1.72 bits per heavy atom. The molecule has 0 aliphatic rings. The summed E-state index contributed by atoms with van der Waals surface area (Å²) in [7, 11) is 1.89. The molecule has 4 heterocycles. The van der Waals surface area contributed by atoms with Crippen LogP contribution < -0.4 is 5.32 Å². The Morgan fingerprint density at radius 1 is 0.759 bits per heavy atom. The number of hydrogen-bond acceptors (Lipinski definition) is 5. The second kappa shape index (κ2) is 9.29. The van der Waals surface area contributed by atoms with E-state index < -0.39 is 5.95 Å². The highest BCUT2D eigenvalue weighted by Gasteiger charge is 2.06. The molecule has 0 fully saturated rings. The predicted molar refractivity (Wildman–Crippen MR) is 124 cm³/mol. The van der Waals surface area contributed by atoms with Crippen LogP contribution in [0.15, 0.2) is 48.8 Å². The van der Waals surface area contributed by atoms with Crippen molar-refractivity contribution in [2.24, 2.45) is 0 Å². The summed E-state index contributed by atoms with van der Waals surface area (Å²) in [5.74, 6) is 0.488. The van der Waals surface area contributed by atoms with Crippen molar-refractivity contribution in [1.29, 1.82) is 0 Å². The van der Waals surface area contributed by atoms with Gasteiger partial charge in [0.2, 0.25) is 5.95 Å². The first kappa shape index (κ1) is 21.1. The summed E-state index contributed by atoms with van der Waals surface area (Å²) in [5.41, 5.74) is 4.74. The van der Waals surface area contributed by atoms with Gasteiger partial charge >= 0.3 is 0 Å². The highest BCUT2D eigenvalue weighted by Crippen LogP contribution is 2.31. The third kappa shape index (κ3) is 5.28. The van der Waals surface area contributed by atoms with Crippen LogP contribution in [-0.4, -0.2) is 17.0 Å². The van der Waals surface area contributed by atoms with Crippen LogP contribution in [0.5, 0.6) is 0 Å². The normalized spacial score (nSPS) is 10.4. The zero-order chi connectivity index (χ0) is 21.0. The molecule has 29 heavy (non-hydrogen) atoms. The molecule has 0 unspecified atom stereocenters. The monoisotopic (exact) mass is 425 g/mol. The van der Waals surface area contributed by atoms with Crippen LogP contribution in [0, 0.1) is 33.6 Å². The minimum Gasteiger partial charge on any atom is -0.373 e. The second-order valence-corrected chi connectivity index (χ2v) is 9.26. The summed E-state index contributed by atoms with van der Waals surface area (Å²) < 4.78 is 12.9. The largest absolute Gasteiger partial charge is 0.373 e. The molecule has 0 aliphatic heterocycles. The zero-order valence-electron chi connectivity index (χ0n) is 17.2. The summed E-state index contributed by atoms with van der Waals surface area (Å²) in [6.07, 6.45) is 3.33. The van der Waals surface area contributed by atoms with Crippen LogP contribution in [0.4, 0.5) is 10.2 Å². The van der Waals surface area contributed by atoms with Gasteiger partial charge in [0.15, 0.2) is 0 Å². The van der Waals surface area contributed by atoms with Gasteiger partial charge in [-0.2, -0.15) is 4.39 Å². The van der Waals surface area contributed by atoms with Gasteiger partial charge < -0.3 is 5.32 Å². The Hall–Kier alpha value is -2.57. The Kier molecular flexibility index (Phi) is 6.77.